The number of para-hydroxylation sites is 1. The van der Waals surface area contributed by atoms with Crippen molar-refractivity contribution in [3.8, 4) is 0 Å². The van der Waals surface area contributed by atoms with E-state index in [2.05, 4.69) is 36.6 Å². The summed E-state index contributed by atoms with van der Waals surface area (Å²) in [6.07, 6.45) is 5.13. The molecule has 15 nitrogen and oxygen atoms in total. The van der Waals surface area contributed by atoms with Crippen molar-refractivity contribution < 1.29 is 33.9 Å². The van der Waals surface area contributed by atoms with Gasteiger partial charge in [-0.15, -0.1) is 0 Å². The van der Waals surface area contributed by atoms with E-state index in [1.807, 2.05) is 38.1 Å². The number of carbonyl (C=O) groups excluding carboxylic acids is 6. The summed E-state index contributed by atoms with van der Waals surface area (Å²) in [6, 6.07) is 5.38. The third-order valence-electron chi connectivity index (χ3n) is 9.43. The molecule has 1 aromatic carbocycles. The van der Waals surface area contributed by atoms with Gasteiger partial charge in [-0.05, 0) is 62.3 Å². The van der Waals surface area contributed by atoms with Crippen LogP contribution in [0.4, 0.5) is 0 Å². The minimum Gasteiger partial charge on any atom is -0.391 e. The number of rotatable bonds is 6. The highest BCUT2D eigenvalue weighted by Crippen LogP contribution is 2.23. The predicted molar refractivity (Wildman–Crippen MR) is 191 cm³/mol. The molecule has 0 aliphatic carbocycles. The molecule has 2 aromatic heterocycles. The van der Waals surface area contributed by atoms with Crippen LogP contribution in [0.3, 0.4) is 0 Å². The van der Waals surface area contributed by atoms with Crippen molar-refractivity contribution in [3.05, 3.63) is 66.1 Å². The molecule has 15 heteroatoms. The highest BCUT2D eigenvalue weighted by atomic mass is 16.3. The van der Waals surface area contributed by atoms with Crippen LogP contribution in [0.25, 0.3) is 10.9 Å². The first kappa shape index (κ1) is 37.9. The molecule has 278 valence electrons. The second kappa shape index (κ2) is 17.3. The molecule has 0 bridgehead atoms. The number of nitrogens with zero attached hydrogens (tertiary/aromatic N) is 2. The topological polar surface area (TPSA) is 215 Å². The number of aliphatic hydroxyl groups excluding tert-OH is 1. The predicted octanol–water partition coefficient (Wildman–Crippen LogP) is 0.686. The Kier molecular flexibility index (Phi) is 12.6. The van der Waals surface area contributed by atoms with Gasteiger partial charge in [-0.1, -0.05) is 32.0 Å². The number of aromatic nitrogens is 2. The molecule has 2 saturated heterocycles. The Bertz CT molecular complexity index is 1760. The first-order chi connectivity index (χ1) is 24.9. The highest BCUT2D eigenvalue weighted by molar-refractivity contribution is 5.99. The first-order valence-corrected chi connectivity index (χ1v) is 17.8. The lowest BCUT2D eigenvalue weighted by Gasteiger charge is -2.30. The Morgan fingerprint density at radius 2 is 1.73 bits per heavy atom. The molecule has 6 atom stereocenters. The lowest BCUT2D eigenvalue weighted by atomic mass is 10.00. The van der Waals surface area contributed by atoms with Gasteiger partial charge in [0, 0.05) is 55.4 Å². The maximum Gasteiger partial charge on any atom is 0.253 e. The van der Waals surface area contributed by atoms with Crippen molar-refractivity contribution >= 4 is 46.3 Å². The summed E-state index contributed by atoms with van der Waals surface area (Å²) in [5.74, 6) is -3.36. The fourth-order valence-corrected chi connectivity index (χ4v) is 6.69. The largest absolute Gasteiger partial charge is 0.391 e. The van der Waals surface area contributed by atoms with Crippen molar-refractivity contribution in [1.82, 2.24) is 41.5 Å². The van der Waals surface area contributed by atoms with Gasteiger partial charge in [0.15, 0.2) is 0 Å². The zero-order valence-corrected chi connectivity index (χ0v) is 29.7. The Morgan fingerprint density at radius 3 is 2.48 bits per heavy atom. The monoisotopic (exact) mass is 716 g/mol. The second-order valence-electron chi connectivity index (χ2n) is 14.0. The molecule has 2 aliphatic rings. The molecule has 0 unspecified atom stereocenters. The SMILES string of the molecule is CC(C)C[C@H]1NC(=O)[C@H](Cc2c[nH]c3ccccc23)NC(=O)[C@@H](C)NC(=O)[C@@H](NC(=O)c2cccnc2)CCCCNC(=O)[C@@H]2C[C@@H](O)CN2C1=O. The zero-order chi connectivity index (χ0) is 37.4. The van der Waals surface area contributed by atoms with Gasteiger partial charge < -0.3 is 41.6 Å². The second-order valence-corrected chi connectivity index (χ2v) is 14.0. The third-order valence-corrected chi connectivity index (χ3v) is 9.43. The molecular weight excluding hydrogens is 668 g/mol. The molecule has 0 radical (unpaired) electrons. The summed E-state index contributed by atoms with van der Waals surface area (Å²) in [5.41, 5.74) is 1.84. The average molecular weight is 717 g/mol. The van der Waals surface area contributed by atoms with Gasteiger partial charge in [0.05, 0.1) is 11.7 Å². The fraction of sp³-hybridized carbons (Fsp3) is 0.486. The van der Waals surface area contributed by atoms with Crippen LogP contribution < -0.4 is 26.6 Å². The van der Waals surface area contributed by atoms with Gasteiger partial charge in [0.25, 0.3) is 5.91 Å². The number of hydrogen-bond acceptors (Lipinski definition) is 8. The highest BCUT2D eigenvalue weighted by Gasteiger charge is 2.42. The average Bonchev–Trinajstić information content (AvgIpc) is 3.72. The van der Waals surface area contributed by atoms with Gasteiger partial charge in [0.1, 0.15) is 30.2 Å². The summed E-state index contributed by atoms with van der Waals surface area (Å²) in [5, 5.41) is 25.3. The number of H-pyrrole nitrogens is 1. The Hall–Kier alpha value is -5.31. The summed E-state index contributed by atoms with van der Waals surface area (Å²) in [7, 11) is 0. The van der Waals surface area contributed by atoms with Gasteiger partial charge in [0.2, 0.25) is 29.5 Å². The van der Waals surface area contributed by atoms with E-state index in [1.165, 1.54) is 24.2 Å². The number of aliphatic hydroxyl groups is 1. The molecule has 2 aliphatic heterocycles. The van der Waals surface area contributed by atoms with Crippen LogP contribution in [-0.4, -0.2) is 105 Å². The Balaban J connectivity index is 1.45. The lowest BCUT2D eigenvalue weighted by Crippen LogP contribution is -2.59. The number of benzene rings is 1. The summed E-state index contributed by atoms with van der Waals surface area (Å²) < 4.78 is 0. The molecule has 4 heterocycles. The number of fused-ring (bicyclic) bond motifs is 2. The van der Waals surface area contributed by atoms with Crippen LogP contribution in [0, 0.1) is 5.92 Å². The number of pyridine rings is 1. The number of amides is 6. The van der Waals surface area contributed by atoms with Gasteiger partial charge in [-0.3, -0.25) is 33.8 Å². The van der Waals surface area contributed by atoms with Crippen LogP contribution >= 0.6 is 0 Å². The Morgan fingerprint density at radius 1 is 0.962 bits per heavy atom. The van der Waals surface area contributed by atoms with Crippen molar-refractivity contribution in [1.29, 1.82) is 0 Å². The minimum absolute atomic E-state index is 0.0286. The molecule has 6 amide bonds. The van der Waals surface area contributed by atoms with E-state index in [-0.39, 0.29) is 50.3 Å². The van der Waals surface area contributed by atoms with Gasteiger partial charge in [-0.25, -0.2) is 0 Å². The summed E-state index contributed by atoms with van der Waals surface area (Å²) in [6.45, 7) is 5.44. The first-order valence-electron chi connectivity index (χ1n) is 17.8. The van der Waals surface area contributed by atoms with E-state index in [4.69, 9.17) is 0 Å². The maximum absolute atomic E-state index is 14.1. The van der Waals surface area contributed by atoms with E-state index in [0.717, 1.165) is 16.5 Å². The molecule has 3 aromatic rings. The van der Waals surface area contributed by atoms with E-state index in [9.17, 15) is 33.9 Å². The summed E-state index contributed by atoms with van der Waals surface area (Å²) >= 11 is 0. The lowest BCUT2D eigenvalue weighted by molar-refractivity contribution is -0.142. The van der Waals surface area contributed by atoms with Crippen LogP contribution in [-0.2, 0) is 30.4 Å². The van der Waals surface area contributed by atoms with Crippen molar-refractivity contribution in [2.45, 2.75) is 95.6 Å². The van der Waals surface area contributed by atoms with Crippen LogP contribution in [0.15, 0.2) is 55.0 Å². The molecule has 52 heavy (non-hydrogen) atoms. The molecule has 0 saturated carbocycles. The van der Waals surface area contributed by atoms with Crippen molar-refractivity contribution in [3.63, 3.8) is 0 Å². The van der Waals surface area contributed by atoms with Crippen molar-refractivity contribution in [2.24, 2.45) is 5.92 Å². The maximum atomic E-state index is 14.1. The number of hydrogen-bond donors (Lipinski definition) is 7. The summed E-state index contributed by atoms with van der Waals surface area (Å²) in [4.78, 5) is 90.3. The molecule has 2 fully saturated rings. The molecular formula is C37H48N8O7. The van der Waals surface area contributed by atoms with Crippen LogP contribution in [0.2, 0.25) is 0 Å². The normalized spacial score (nSPS) is 25.6. The standard InChI is InChI=1S/C37H48N8O7/c1-21(2)15-30-37(52)45-20-25(46)17-31(45)36(51)39-14-7-6-12-28(42-33(48)23-9-8-13-38-18-23)34(49)41-22(3)32(47)43-29(35(50)44-30)16-24-19-40-27-11-5-4-10-26(24)27/h4-5,8-11,13,18-19,21-22,25,28-31,40,46H,6-7,12,14-17,20H2,1-3H3,(H,39,51)(H,41,49)(H,42,48)(H,43,47)(H,44,50)/t22-,25-,28+,29+,30-,31+/m1/s1. The Labute approximate surface area is 302 Å². The number of aromatic amines is 1. The van der Waals surface area contributed by atoms with E-state index >= 15 is 0 Å². The van der Waals surface area contributed by atoms with Gasteiger partial charge in [-0.2, -0.15) is 0 Å². The number of carbonyl (C=O) groups is 6. The van der Waals surface area contributed by atoms with Crippen LogP contribution in [0.5, 0.6) is 0 Å². The fourth-order valence-electron chi connectivity index (χ4n) is 6.69. The van der Waals surface area contributed by atoms with E-state index in [1.54, 1.807) is 18.3 Å². The smallest absolute Gasteiger partial charge is 0.253 e. The van der Waals surface area contributed by atoms with E-state index < -0.39 is 71.8 Å². The molecule has 0 spiro atoms. The molecule has 7 N–H and O–H groups in total. The third kappa shape index (κ3) is 9.51. The minimum atomic E-state index is -1.17. The molecule has 5 rings (SSSR count). The van der Waals surface area contributed by atoms with E-state index in [0.29, 0.717) is 12.8 Å². The van der Waals surface area contributed by atoms with Crippen molar-refractivity contribution in [2.75, 3.05) is 13.1 Å². The van der Waals surface area contributed by atoms with Crippen LogP contribution in [0.1, 0.15) is 68.8 Å². The number of nitrogens with one attached hydrogen (secondary N) is 6. The zero-order valence-electron chi connectivity index (χ0n) is 29.7. The quantitative estimate of drug-likeness (QED) is 0.192. The van der Waals surface area contributed by atoms with Gasteiger partial charge >= 0.3 is 0 Å².